The van der Waals surface area contributed by atoms with E-state index in [9.17, 15) is 0 Å². The van der Waals surface area contributed by atoms with Crippen LogP contribution < -0.4 is 10.5 Å². The molecule has 0 saturated heterocycles. The summed E-state index contributed by atoms with van der Waals surface area (Å²) in [6.45, 7) is 2.35. The third-order valence-corrected chi connectivity index (χ3v) is 3.53. The number of methoxy groups -OCH3 is 1. The lowest BCUT2D eigenvalue weighted by atomic mass is 10.1. The number of imidazole rings is 1. The van der Waals surface area contributed by atoms with Crippen molar-refractivity contribution >= 4 is 27.5 Å². The van der Waals surface area contributed by atoms with E-state index in [1.54, 1.807) is 7.11 Å². The number of hydrogen-bond donors (Lipinski definition) is 2. The van der Waals surface area contributed by atoms with Crippen LogP contribution >= 0.6 is 27.5 Å². The van der Waals surface area contributed by atoms with Crippen molar-refractivity contribution in [2.45, 2.75) is 13.5 Å². The van der Waals surface area contributed by atoms with Crippen molar-refractivity contribution in [2.75, 3.05) is 7.11 Å². The maximum absolute atomic E-state index is 6.14. The summed E-state index contributed by atoms with van der Waals surface area (Å²) in [5.74, 6) is 1.38. The van der Waals surface area contributed by atoms with Crippen LogP contribution in [0.1, 0.15) is 11.4 Å². The Bertz CT molecular complexity index is 583. The Morgan fingerprint density at radius 1 is 1.50 bits per heavy atom. The van der Waals surface area contributed by atoms with E-state index in [4.69, 9.17) is 22.1 Å². The normalized spacial score (nSPS) is 10.7. The molecule has 0 spiro atoms. The number of ether oxygens (including phenoxy) is 1. The molecule has 0 aliphatic carbocycles. The summed E-state index contributed by atoms with van der Waals surface area (Å²) in [6, 6.07) is 3.73. The molecule has 0 aliphatic rings. The zero-order chi connectivity index (χ0) is 13.3. The minimum Gasteiger partial charge on any atom is -0.495 e. The summed E-state index contributed by atoms with van der Waals surface area (Å²) in [7, 11) is 1.59. The number of halogens is 2. The molecular formula is C12H13BrClN3O. The van der Waals surface area contributed by atoms with Crippen LogP contribution in [0.2, 0.25) is 5.02 Å². The van der Waals surface area contributed by atoms with Gasteiger partial charge in [0.25, 0.3) is 0 Å². The fourth-order valence-corrected chi connectivity index (χ4v) is 2.51. The highest BCUT2D eigenvalue weighted by molar-refractivity contribution is 9.10. The molecule has 0 amide bonds. The topological polar surface area (TPSA) is 63.9 Å². The van der Waals surface area contributed by atoms with E-state index in [1.807, 2.05) is 19.1 Å². The number of aryl methyl sites for hydroxylation is 1. The minimum absolute atomic E-state index is 0.363. The van der Waals surface area contributed by atoms with Gasteiger partial charge in [0.1, 0.15) is 21.9 Å². The number of rotatable bonds is 3. The molecule has 3 N–H and O–H groups in total. The molecule has 2 rings (SSSR count). The van der Waals surface area contributed by atoms with Gasteiger partial charge in [-0.25, -0.2) is 4.98 Å². The van der Waals surface area contributed by atoms with Gasteiger partial charge in [-0.3, -0.25) is 0 Å². The van der Waals surface area contributed by atoms with Gasteiger partial charge in [-0.1, -0.05) is 11.6 Å². The van der Waals surface area contributed by atoms with Crippen molar-refractivity contribution in [3.63, 3.8) is 0 Å². The molecule has 2 aromatic rings. The van der Waals surface area contributed by atoms with E-state index in [0.717, 1.165) is 27.2 Å². The second kappa shape index (κ2) is 5.30. The number of nitrogens with zero attached hydrogens (tertiary/aromatic N) is 1. The van der Waals surface area contributed by atoms with Crippen molar-refractivity contribution in [1.29, 1.82) is 0 Å². The maximum Gasteiger partial charge on any atom is 0.137 e. The van der Waals surface area contributed by atoms with Crippen molar-refractivity contribution in [3.05, 3.63) is 33.1 Å². The lowest BCUT2D eigenvalue weighted by molar-refractivity contribution is 0.415. The fraction of sp³-hybridized carbons (Fsp3) is 0.250. The van der Waals surface area contributed by atoms with Gasteiger partial charge in [0.15, 0.2) is 0 Å². The Kier molecular flexibility index (Phi) is 3.94. The highest BCUT2D eigenvalue weighted by Crippen LogP contribution is 2.35. The van der Waals surface area contributed by atoms with Gasteiger partial charge in [-0.05, 0) is 40.5 Å². The zero-order valence-electron chi connectivity index (χ0n) is 10.1. The first-order valence-electron chi connectivity index (χ1n) is 5.35. The average Bonchev–Trinajstić information content (AvgIpc) is 2.73. The Morgan fingerprint density at radius 3 is 2.78 bits per heavy atom. The summed E-state index contributed by atoms with van der Waals surface area (Å²) in [5, 5.41) is 0.558. The van der Waals surface area contributed by atoms with E-state index in [1.165, 1.54) is 0 Å². The van der Waals surface area contributed by atoms with E-state index in [-0.39, 0.29) is 0 Å². The van der Waals surface area contributed by atoms with Crippen LogP contribution in [0, 0.1) is 6.92 Å². The van der Waals surface area contributed by atoms with Gasteiger partial charge in [0, 0.05) is 5.56 Å². The number of nitrogens with two attached hydrogens (primary N) is 1. The SMILES string of the molecule is COc1cc(C)c(-c2nc(CN)[nH]c2Br)cc1Cl. The van der Waals surface area contributed by atoms with Gasteiger partial charge in [-0.15, -0.1) is 0 Å². The molecular weight excluding hydrogens is 318 g/mol. The second-order valence-electron chi connectivity index (χ2n) is 3.85. The van der Waals surface area contributed by atoms with Crippen molar-refractivity contribution in [3.8, 4) is 17.0 Å². The largest absolute Gasteiger partial charge is 0.495 e. The van der Waals surface area contributed by atoms with Crippen LogP contribution in [0.5, 0.6) is 5.75 Å². The summed E-state index contributed by atoms with van der Waals surface area (Å²) in [4.78, 5) is 7.50. The molecule has 18 heavy (non-hydrogen) atoms. The molecule has 6 heteroatoms. The quantitative estimate of drug-likeness (QED) is 0.908. The molecule has 0 radical (unpaired) electrons. The van der Waals surface area contributed by atoms with Crippen LogP contribution in [0.15, 0.2) is 16.7 Å². The molecule has 1 heterocycles. The molecule has 1 aromatic carbocycles. The molecule has 0 aliphatic heterocycles. The van der Waals surface area contributed by atoms with Crippen molar-refractivity contribution < 1.29 is 4.74 Å². The van der Waals surface area contributed by atoms with Crippen LogP contribution in [0.3, 0.4) is 0 Å². The minimum atomic E-state index is 0.363. The smallest absolute Gasteiger partial charge is 0.137 e. The lowest BCUT2D eigenvalue weighted by Gasteiger charge is -2.08. The summed E-state index contributed by atoms with van der Waals surface area (Å²) < 4.78 is 5.98. The molecule has 4 nitrogen and oxygen atoms in total. The monoisotopic (exact) mass is 329 g/mol. The predicted molar refractivity (Wildman–Crippen MR) is 75.9 cm³/mol. The number of benzene rings is 1. The standard InChI is InChI=1S/C12H13BrClN3O/c1-6-3-9(18-2)8(14)4-7(6)11-12(13)17-10(5-15)16-11/h3-4H,5,15H2,1-2H3,(H,16,17). The highest BCUT2D eigenvalue weighted by Gasteiger charge is 2.14. The Morgan fingerprint density at radius 2 is 2.22 bits per heavy atom. The number of aromatic amines is 1. The molecule has 0 saturated carbocycles. The Labute approximate surface area is 119 Å². The molecule has 0 atom stereocenters. The van der Waals surface area contributed by atoms with E-state index < -0.39 is 0 Å². The van der Waals surface area contributed by atoms with Crippen molar-refractivity contribution in [1.82, 2.24) is 9.97 Å². The number of hydrogen-bond acceptors (Lipinski definition) is 3. The summed E-state index contributed by atoms with van der Waals surface area (Å²) in [5.41, 5.74) is 8.35. The van der Waals surface area contributed by atoms with E-state index in [0.29, 0.717) is 17.3 Å². The summed E-state index contributed by atoms with van der Waals surface area (Å²) in [6.07, 6.45) is 0. The van der Waals surface area contributed by atoms with Crippen LogP contribution in [0.4, 0.5) is 0 Å². The molecule has 0 fully saturated rings. The first-order valence-corrected chi connectivity index (χ1v) is 6.53. The molecule has 0 unspecified atom stereocenters. The van der Waals surface area contributed by atoms with Gasteiger partial charge >= 0.3 is 0 Å². The molecule has 0 bridgehead atoms. The van der Waals surface area contributed by atoms with E-state index >= 15 is 0 Å². The first-order chi connectivity index (χ1) is 8.56. The second-order valence-corrected chi connectivity index (χ2v) is 5.05. The molecule has 96 valence electrons. The first kappa shape index (κ1) is 13.4. The van der Waals surface area contributed by atoms with E-state index in [2.05, 4.69) is 25.9 Å². The van der Waals surface area contributed by atoms with Gasteiger partial charge < -0.3 is 15.5 Å². The van der Waals surface area contributed by atoms with Gasteiger partial charge in [0.05, 0.1) is 18.7 Å². The number of nitrogens with one attached hydrogen (secondary N) is 1. The Balaban J connectivity index is 2.56. The maximum atomic E-state index is 6.14. The van der Waals surface area contributed by atoms with Crippen LogP contribution in [0.25, 0.3) is 11.3 Å². The molecule has 1 aromatic heterocycles. The number of H-pyrrole nitrogens is 1. The number of aromatic nitrogens is 2. The lowest BCUT2D eigenvalue weighted by Crippen LogP contribution is -1.98. The van der Waals surface area contributed by atoms with Crippen LogP contribution in [-0.4, -0.2) is 17.1 Å². The van der Waals surface area contributed by atoms with Crippen molar-refractivity contribution in [2.24, 2.45) is 5.73 Å². The average molecular weight is 331 g/mol. The van der Waals surface area contributed by atoms with Gasteiger partial charge in [0.2, 0.25) is 0 Å². The van der Waals surface area contributed by atoms with Gasteiger partial charge in [-0.2, -0.15) is 0 Å². The Hall–Kier alpha value is -1.04. The third-order valence-electron chi connectivity index (χ3n) is 2.66. The summed E-state index contributed by atoms with van der Waals surface area (Å²) >= 11 is 9.58. The third kappa shape index (κ3) is 2.39. The fourth-order valence-electron chi connectivity index (χ4n) is 1.74. The zero-order valence-corrected chi connectivity index (χ0v) is 12.4. The van der Waals surface area contributed by atoms with Crippen LogP contribution in [-0.2, 0) is 6.54 Å². The highest BCUT2D eigenvalue weighted by atomic mass is 79.9. The predicted octanol–water partition coefficient (Wildman–Crippen LogP) is 3.27.